The lowest BCUT2D eigenvalue weighted by atomic mass is 9.90. The van der Waals surface area contributed by atoms with Gasteiger partial charge >= 0.3 is 0 Å². The van der Waals surface area contributed by atoms with Gasteiger partial charge in [-0.3, -0.25) is 4.55 Å². The largest absolute Gasteiger partial charge is 0.744 e. The fraction of sp³-hybridized carbons (Fsp3) is 0.162. The van der Waals surface area contributed by atoms with Crippen molar-refractivity contribution in [1.82, 2.24) is 0 Å². The van der Waals surface area contributed by atoms with Gasteiger partial charge in [0.15, 0.2) is 12.3 Å². The zero-order chi connectivity index (χ0) is 35.2. The molecule has 9 nitrogen and oxygen atoms in total. The molecular weight excluding hydrogens is 681 g/mol. The second kappa shape index (κ2) is 15.5. The van der Waals surface area contributed by atoms with Gasteiger partial charge in [0.05, 0.1) is 9.79 Å². The van der Waals surface area contributed by atoms with Gasteiger partial charge in [0.25, 0.3) is 10.1 Å². The monoisotopic (exact) mass is 716 g/mol. The Hall–Kier alpha value is -4.30. The minimum absolute atomic E-state index is 0.145. The first-order chi connectivity index (χ1) is 23.4. The molecule has 0 saturated carbocycles. The van der Waals surface area contributed by atoms with Gasteiger partial charge in [0.2, 0.25) is 0 Å². The van der Waals surface area contributed by atoms with Gasteiger partial charge in [0, 0.05) is 53.4 Å². The predicted octanol–water partition coefficient (Wildman–Crippen LogP) is 7.03. The third-order valence-electron chi connectivity index (χ3n) is 8.19. The highest BCUT2D eigenvalue weighted by Gasteiger charge is 2.19. The normalized spacial score (nSPS) is 13.1. The van der Waals surface area contributed by atoms with Crippen molar-refractivity contribution in [3.8, 4) is 0 Å². The van der Waals surface area contributed by atoms with E-state index in [0.29, 0.717) is 48.7 Å². The lowest BCUT2D eigenvalue weighted by molar-refractivity contribution is -0.539. The summed E-state index contributed by atoms with van der Waals surface area (Å²) in [6.45, 7) is 6.16. The van der Waals surface area contributed by atoms with Crippen molar-refractivity contribution in [3.63, 3.8) is 0 Å². The molecule has 2 N–H and O–H groups in total. The molecule has 0 aromatic heterocycles. The van der Waals surface area contributed by atoms with E-state index in [1.54, 1.807) is 18.2 Å². The van der Waals surface area contributed by atoms with Crippen molar-refractivity contribution >= 4 is 49.3 Å². The second-order valence-corrected chi connectivity index (χ2v) is 14.7. The summed E-state index contributed by atoms with van der Waals surface area (Å²) in [5.74, 6) is 0. The lowest BCUT2D eigenvalue weighted by Crippen LogP contribution is -2.22. The van der Waals surface area contributed by atoms with E-state index in [-0.39, 0.29) is 9.79 Å². The minimum atomic E-state index is -4.56. The van der Waals surface area contributed by atoms with E-state index >= 15 is 0 Å². The topological polar surface area (TPSA) is 138 Å². The summed E-state index contributed by atoms with van der Waals surface area (Å²) in [5.41, 5.74) is 6.90. The molecule has 0 unspecified atom stereocenters. The quantitative estimate of drug-likeness (QED) is 0.0899. The third-order valence-corrected chi connectivity index (χ3v) is 10.4. The number of hydrogen-bond acceptors (Lipinski definition) is 8. The van der Waals surface area contributed by atoms with Crippen molar-refractivity contribution in [2.75, 3.05) is 18.0 Å². The van der Waals surface area contributed by atoms with Crippen LogP contribution in [0, 0.1) is 0 Å². The van der Waals surface area contributed by atoms with E-state index in [2.05, 4.69) is 9.48 Å². The van der Waals surface area contributed by atoms with Crippen LogP contribution in [0.4, 0.5) is 5.69 Å². The van der Waals surface area contributed by atoms with E-state index in [1.165, 1.54) is 24.3 Å². The standard InChI is InChI=1S/C37H36N2O7S3/c1-3-38(25-27-9-7-11-33(23-27)48(41,42)43)31-19-15-29(16-20-31)37(35-13-5-6-14-36(35)47-40)30-17-21-32(22-18-30)39(4-2)26-28-10-8-12-34(24-28)49(44,45)46/h5-24H,3-4,25-26H2,1-2H3,(H2-,40,41,42,43,44,45,46). The molecule has 0 saturated heterocycles. The van der Waals surface area contributed by atoms with Crippen LogP contribution in [0.1, 0.15) is 36.1 Å². The molecule has 0 heterocycles. The number of nitrogens with zero attached hydrogens (tertiary/aromatic N) is 2. The average Bonchev–Trinajstić information content (AvgIpc) is 3.10. The molecule has 4 aromatic carbocycles. The van der Waals surface area contributed by atoms with E-state index < -0.39 is 20.2 Å². The molecule has 0 aliphatic heterocycles. The molecule has 4 aromatic rings. The number of benzene rings is 4. The van der Waals surface area contributed by atoms with Gasteiger partial charge in [-0.25, -0.2) is 13.0 Å². The first-order valence-corrected chi connectivity index (χ1v) is 19.1. The Morgan fingerprint density at radius 2 is 1.43 bits per heavy atom. The second-order valence-electron chi connectivity index (χ2n) is 11.3. The summed E-state index contributed by atoms with van der Waals surface area (Å²) in [5, 5.41) is 0. The molecule has 1 aliphatic rings. The molecule has 0 fully saturated rings. The summed E-state index contributed by atoms with van der Waals surface area (Å²) < 4.78 is 79.7. The zero-order valence-corrected chi connectivity index (χ0v) is 29.4. The number of hydrogen-bond donors (Lipinski definition) is 2. The Balaban J connectivity index is 1.49. The first-order valence-electron chi connectivity index (χ1n) is 15.5. The van der Waals surface area contributed by atoms with Gasteiger partial charge in [0.1, 0.15) is 16.7 Å². The van der Waals surface area contributed by atoms with Crippen LogP contribution in [0.25, 0.3) is 5.57 Å². The van der Waals surface area contributed by atoms with E-state index in [9.17, 15) is 30.5 Å². The Bertz CT molecular complexity index is 2170. The summed E-state index contributed by atoms with van der Waals surface area (Å²) >= 11 is 0.682. The Morgan fingerprint density at radius 3 is 2.04 bits per heavy atom. The summed E-state index contributed by atoms with van der Waals surface area (Å²) in [4.78, 5) is 2.38. The summed E-state index contributed by atoms with van der Waals surface area (Å²) in [6, 6.07) is 28.0. The molecule has 5 rings (SSSR count). The van der Waals surface area contributed by atoms with Gasteiger partial charge in [-0.05, 0) is 96.3 Å². The maximum Gasteiger partial charge on any atom is 0.294 e. The van der Waals surface area contributed by atoms with Crippen molar-refractivity contribution in [2.24, 2.45) is 0 Å². The van der Waals surface area contributed by atoms with E-state index in [4.69, 9.17) is 0 Å². The van der Waals surface area contributed by atoms with Crippen LogP contribution in [0.15, 0.2) is 142 Å². The van der Waals surface area contributed by atoms with E-state index in [1.807, 2.05) is 92.7 Å². The third kappa shape index (κ3) is 8.84. The molecule has 0 amide bonds. The van der Waals surface area contributed by atoms with Crippen LogP contribution in [0.3, 0.4) is 0 Å². The molecule has 12 heteroatoms. The van der Waals surface area contributed by atoms with Crippen LogP contribution in [0.2, 0.25) is 0 Å². The highest BCUT2D eigenvalue weighted by molar-refractivity contribution is 7.93. The van der Waals surface area contributed by atoms with Crippen LogP contribution in [0.5, 0.6) is 0 Å². The molecule has 0 atom stereocenters. The Morgan fingerprint density at radius 1 is 0.796 bits per heavy atom. The van der Waals surface area contributed by atoms with Gasteiger partial charge < -0.3 is 14.0 Å². The molecule has 1 aliphatic carbocycles. The first kappa shape index (κ1) is 36.0. The maximum atomic E-state index is 11.7. The van der Waals surface area contributed by atoms with Gasteiger partial charge in [-0.15, -0.1) is 0 Å². The highest BCUT2D eigenvalue weighted by atomic mass is 32.2. The van der Waals surface area contributed by atoms with Crippen LogP contribution in [-0.4, -0.2) is 53.9 Å². The molecule has 49 heavy (non-hydrogen) atoms. The van der Waals surface area contributed by atoms with Crippen LogP contribution >= 0.6 is 12.0 Å². The summed E-state index contributed by atoms with van der Waals surface area (Å²) in [6.07, 6.45) is 8.04. The fourth-order valence-electron chi connectivity index (χ4n) is 5.72. The van der Waals surface area contributed by atoms with Crippen molar-refractivity contribution in [2.45, 2.75) is 41.6 Å². The number of allylic oxidation sites excluding steroid dienone is 5. The number of anilines is 1. The van der Waals surface area contributed by atoms with Crippen molar-refractivity contribution < 1.29 is 35.1 Å². The Kier molecular flexibility index (Phi) is 11.4. The van der Waals surface area contributed by atoms with Crippen molar-refractivity contribution in [1.29, 1.82) is 0 Å². The number of rotatable bonds is 12. The van der Waals surface area contributed by atoms with Crippen molar-refractivity contribution in [3.05, 3.63) is 149 Å². The SMILES string of the molecule is CCN(Cc1cccc(S(=O)(=O)[O-])c1)c1ccc(C(=C2C=CC(=[N+](CC)Cc3cccc(S(=O)(=O)O)c3)C=C2)c2ccccc2SO)cc1. The van der Waals surface area contributed by atoms with Gasteiger partial charge in [-0.2, -0.15) is 8.42 Å². The molecule has 0 spiro atoms. The minimum Gasteiger partial charge on any atom is -0.744 e. The average molecular weight is 717 g/mol. The van der Waals surface area contributed by atoms with Crippen LogP contribution < -0.4 is 4.90 Å². The lowest BCUT2D eigenvalue weighted by Gasteiger charge is -2.24. The molecule has 0 radical (unpaired) electrons. The smallest absolute Gasteiger partial charge is 0.294 e. The fourth-order valence-corrected chi connectivity index (χ4v) is 7.22. The maximum absolute atomic E-state index is 11.7. The molecular formula is C37H36N2O7S3. The van der Waals surface area contributed by atoms with Gasteiger partial charge in [-0.1, -0.05) is 54.6 Å². The molecule has 0 bridgehead atoms. The molecule has 254 valence electrons. The summed E-state index contributed by atoms with van der Waals surface area (Å²) in [7, 11) is -8.87. The zero-order valence-electron chi connectivity index (χ0n) is 26.9. The predicted molar refractivity (Wildman–Crippen MR) is 193 cm³/mol. The Labute approximate surface area is 292 Å². The van der Waals surface area contributed by atoms with Crippen LogP contribution in [-0.2, 0) is 33.3 Å². The highest BCUT2D eigenvalue weighted by Crippen LogP contribution is 2.36. The van der Waals surface area contributed by atoms with E-state index in [0.717, 1.165) is 39.2 Å².